The molecule has 0 bridgehead atoms. The van der Waals surface area contributed by atoms with Crippen LogP contribution in [0.1, 0.15) is 19.0 Å². The fraction of sp³-hybridized carbons (Fsp3) is 0.750. The van der Waals surface area contributed by atoms with Crippen LogP contribution in [0.4, 0.5) is 8.78 Å². The smallest absolute Gasteiger partial charge is 0.247 e. The zero-order chi connectivity index (χ0) is 10.6. The minimum absolute atomic E-state index is 0.179. The van der Waals surface area contributed by atoms with Crippen molar-refractivity contribution in [2.45, 2.75) is 32.2 Å². The average Bonchev–Trinajstić information content (AvgIpc) is 2.48. The number of nitrogens with two attached hydrogens (primary N) is 1. The topological polar surface area (TPSA) is 56.7 Å². The van der Waals surface area contributed by atoms with E-state index in [1.807, 2.05) is 0 Å². The average molecular weight is 204 g/mol. The van der Waals surface area contributed by atoms with E-state index in [4.69, 9.17) is 5.73 Å². The SMILES string of the molecule is CC(F)(F)CCn1nncc1CCN. The van der Waals surface area contributed by atoms with Crippen LogP contribution >= 0.6 is 0 Å². The molecule has 14 heavy (non-hydrogen) atoms. The molecule has 0 atom stereocenters. The van der Waals surface area contributed by atoms with E-state index < -0.39 is 5.92 Å². The lowest BCUT2D eigenvalue weighted by atomic mass is 10.2. The van der Waals surface area contributed by atoms with Crippen LogP contribution in [0.25, 0.3) is 0 Å². The van der Waals surface area contributed by atoms with Crippen LogP contribution < -0.4 is 5.73 Å². The Kier molecular flexibility index (Phi) is 3.51. The van der Waals surface area contributed by atoms with Crippen LogP contribution in [0.3, 0.4) is 0 Å². The Hall–Kier alpha value is -1.04. The first-order chi connectivity index (χ1) is 6.53. The Morgan fingerprint density at radius 3 is 2.86 bits per heavy atom. The van der Waals surface area contributed by atoms with E-state index in [2.05, 4.69) is 10.3 Å². The molecule has 6 heteroatoms. The number of aryl methyl sites for hydroxylation is 1. The van der Waals surface area contributed by atoms with E-state index in [1.54, 1.807) is 6.20 Å². The molecule has 0 amide bonds. The molecule has 4 nitrogen and oxygen atoms in total. The number of halogens is 2. The minimum Gasteiger partial charge on any atom is -0.330 e. The lowest BCUT2D eigenvalue weighted by Crippen LogP contribution is -2.17. The van der Waals surface area contributed by atoms with Crippen LogP contribution in [0.15, 0.2) is 6.20 Å². The van der Waals surface area contributed by atoms with Gasteiger partial charge in [0.15, 0.2) is 0 Å². The first kappa shape index (κ1) is 11.0. The molecule has 0 aliphatic heterocycles. The van der Waals surface area contributed by atoms with Crippen molar-refractivity contribution < 1.29 is 8.78 Å². The molecule has 2 N–H and O–H groups in total. The molecule has 1 aromatic rings. The van der Waals surface area contributed by atoms with Gasteiger partial charge in [0.2, 0.25) is 5.92 Å². The summed E-state index contributed by atoms with van der Waals surface area (Å²) in [6.07, 6.45) is 1.94. The van der Waals surface area contributed by atoms with Gasteiger partial charge in [0.05, 0.1) is 11.9 Å². The Morgan fingerprint density at radius 2 is 2.29 bits per heavy atom. The third-order valence-electron chi connectivity index (χ3n) is 1.86. The molecule has 0 radical (unpaired) electrons. The third kappa shape index (κ3) is 3.37. The quantitative estimate of drug-likeness (QED) is 0.772. The van der Waals surface area contributed by atoms with Crippen molar-refractivity contribution in [2.24, 2.45) is 5.73 Å². The van der Waals surface area contributed by atoms with Gasteiger partial charge < -0.3 is 5.73 Å². The predicted molar refractivity (Wildman–Crippen MR) is 48.0 cm³/mol. The summed E-state index contributed by atoms with van der Waals surface area (Å²) >= 11 is 0. The van der Waals surface area contributed by atoms with Gasteiger partial charge in [0, 0.05) is 19.4 Å². The standard InChI is InChI=1S/C8H14F2N4/c1-8(9,10)3-5-14-7(2-4-11)6-12-13-14/h6H,2-5,11H2,1H3. The van der Waals surface area contributed by atoms with Gasteiger partial charge in [0.1, 0.15) is 0 Å². The van der Waals surface area contributed by atoms with Crippen LogP contribution in [0.5, 0.6) is 0 Å². The van der Waals surface area contributed by atoms with Crippen LogP contribution in [0, 0.1) is 0 Å². The summed E-state index contributed by atoms with van der Waals surface area (Å²) in [7, 11) is 0. The van der Waals surface area contributed by atoms with Crippen molar-refractivity contribution in [1.82, 2.24) is 15.0 Å². The second kappa shape index (κ2) is 4.45. The van der Waals surface area contributed by atoms with E-state index in [-0.39, 0.29) is 13.0 Å². The van der Waals surface area contributed by atoms with Crippen LogP contribution in [-0.2, 0) is 13.0 Å². The summed E-state index contributed by atoms with van der Waals surface area (Å²) in [5, 5.41) is 7.37. The van der Waals surface area contributed by atoms with Gasteiger partial charge in [-0.3, -0.25) is 0 Å². The Morgan fingerprint density at radius 1 is 1.57 bits per heavy atom. The lowest BCUT2D eigenvalue weighted by molar-refractivity contribution is 0.00748. The number of aromatic nitrogens is 3. The van der Waals surface area contributed by atoms with Crippen molar-refractivity contribution in [3.8, 4) is 0 Å². The molecule has 0 saturated heterocycles. The Balaban J connectivity index is 2.53. The van der Waals surface area contributed by atoms with Gasteiger partial charge in [-0.25, -0.2) is 13.5 Å². The monoisotopic (exact) mass is 204 g/mol. The second-order valence-electron chi connectivity index (χ2n) is 3.31. The van der Waals surface area contributed by atoms with Crippen molar-refractivity contribution >= 4 is 0 Å². The minimum atomic E-state index is -2.66. The van der Waals surface area contributed by atoms with E-state index in [1.165, 1.54) is 4.68 Å². The molecule has 1 rings (SSSR count). The van der Waals surface area contributed by atoms with Gasteiger partial charge in [-0.2, -0.15) is 0 Å². The van der Waals surface area contributed by atoms with E-state index in [9.17, 15) is 8.78 Å². The van der Waals surface area contributed by atoms with Gasteiger partial charge in [-0.15, -0.1) is 5.10 Å². The zero-order valence-electron chi connectivity index (χ0n) is 8.08. The zero-order valence-corrected chi connectivity index (χ0v) is 8.08. The van der Waals surface area contributed by atoms with Crippen molar-refractivity contribution in [3.05, 3.63) is 11.9 Å². The first-order valence-corrected chi connectivity index (χ1v) is 4.48. The van der Waals surface area contributed by atoms with E-state index in [0.717, 1.165) is 12.6 Å². The number of rotatable bonds is 5. The molecule has 0 spiro atoms. The summed E-state index contributed by atoms with van der Waals surface area (Å²) in [4.78, 5) is 0. The summed E-state index contributed by atoms with van der Waals surface area (Å²) in [6.45, 7) is 1.54. The van der Waals surface area contributed by atoms with Gasteiger partial charge in [0.25, 0.3) is 0 Å². The fourth-order valence-electron chi connectivity index (χ4n) is 1.11. The summed E-state index contributed by atoms with van der Waals surface area (Å²) in [5.74, 6) is -2.66. The van der Waals surface area contributed by atoms with Crippen molar-refractivity contribution in [1.29, 1.82) is 0 Å². The van der Waals surface area contributed by atoms with Crippen molar-refractivity contribution in [3.63, 3.8) is 0 Å². The van der Waals surface area contributed by atoms with Gasteiger partial charge in [-0.1, -0.05) is 5.21 Å². The Bertz CT molecular complexity index is 279. The predicted octanol–water partition coefficient (Wildman–Crippen LogP) is 0.825. The van der Waals surface area contributed by atoms with Crippen LogP contribution in [0.2, 0.25) is 0 Å². The molecule has 0 aliphatic carbocycles. The highest BCUT2D eigenvalue weighted by molar-refractivity contribution is 4.94. The van der Waals surface area contributed by atoms with Gasteiger partial charge in [-0.05, 0) is 13.5 Å². The maximum Gasteiger partial charge on any atom is 0.247 e. The molecular formula is C8H14F2N4. The molecule has 0 unspecified atom stereocenters. The number of alkyl halides is 2. The van der Waals surface area contributed by atoms with E-state index in [0.29, 0.717) is 13.0 Å². The molecule has 80 valence electrons. The lowest BCUT2D eigenvalue weighted by Gasteiger charge is -2.10. The second-order valence-corrected chi connectivity index (χ2v) is 3.31. The normalized spacial score (nSPS) is 12.0. The molecule has 0 aromatic carbocycles. The number of hydrogen-bond acceptors (Lipinski definition) is 3. The van der Waals surface area contributed by atoms with Crippen LogP contribution in [-0.4, -0.2) is 27.5 Å². The van der Waals surface area contributed by atoms with Gasteiger partial charge >= 0.3 is 0 Å². The summed E-state index contributed by atoms with van der Waals surface area (Å²) in [5.41, 5.74) is 6.16. The molecule has 0 aliphatic rings. The Labute approximate surface area is 81.1 Å². The maximum atomic E-state index is 12.5. The molecule has 1 aromatic heterocycles. The first-order valence-electron chi connectivity index (χ1n) is 4.48. The molecule has 0 saturated carbocycles. The van der Waals surface area contributed by atoms with Crippen molar-refractivity contribution in [2.75, 3.05) is 6.54 Å². The third-order valence-corrected chi connectivity index (χ3v) is 1.86. The highest BCUT2D eigenvalue weighted by Gasteiger charge is 2.21. The number of nitrogens with zero attached hydrogens (tertiary/aromatic N) is 3. The number of hydrogen-bond donors (Lipinski definition) is 1. The van der Waals surface area contributed by atoms with E-state index >= 15 is 0 Å². The fourth-order valence-corrected chi connectivity index (χ4v) is 1.11. The maximum absolute atomic E-state index is 12.5. The molecular weight excluding hydrogens is 190 g/mol. The summed E-state index contributed by atoms with van der Waals surface area (Å²) < 4.78 is 26.6. The highest BCUT2D eigenvalue weighted by atomic mass is 19.3. The highest BCUT2D eigenvalue weighted by Crippen LogP contribution is 2.17. The largest absolute Gasteiger partial charge is 0.330 e. The molecule has 1 heterocycles. The molecule has 0 fully saturated rings. The summed E-state index contributed by atoms with van der Waals surface area (Å²) in [6, 6.07) is 0.